The molecule has 1 aliphatic carbocycles. The number of nitrogens with one attached hydrogen (secondary N) is 2. The highest BCUT2D eigenvalue weighted by atomic mass is 32.2. The fraction of sp³-hybridized carbons (Fsp3) is 0.269. The highest BCUT2D eigenvalue weighted by molar-refractivity contribution is 8.00. The van der Waals surface area contributed by atoms with Gasteiger partial charge in [0.1, 0.15) is 10.6 Å². The zero-order chi connectivity index (χ0) is 24.1. The van der Waals surface area contributed by atoms with E-state index < -0.39 is 5.97 Å². The second kappa shape index (κ2) is 10.9. The van der Waals surface area contributed by atoms with E-state index in [-0.39, 0.29) is 30.1 Å². The molecule has 8 heteroatoms. The van der Waals surface area contributed by atoms with Crippen molar-refractivity contribution in [2.24, 2.45) is 5.92 Å². The zero-order valence-electron chi connectivity index (χ0n) is 19.1. The molecule has 0 aliphatic heterocycles. The summed E-state index contributed by atoms with van der Waals surface area (Å²) in [4.78, 5) is 38.3. The summed E-state index contributed by atoms with van der Waals surface area (Å²) < 4.78 is 5.27. The van der Waals surface area contributed by atoms with Gasteiger partial charge in [0.2, 0.25) is 11.8 Å². The number of hydrogen-bond donors (Lipinski definition) is 2. The molecule has 4 rings (SSSR count). The summed E-state index contributed by atoms with van der Waals surface area (Å²) in [6.45, 7) is 4.01. The molecular formula is C26H26N2O4S2. The Hall–Kier alpha value is -3.10. The molecule has 0 bridgehead atoms. The van der Waals surface area contributed by atoms with Crippen molar-refractivity contribution >= 4 is 51.6 Å². The van der Waals surface area contributed by atoms with E-state index >= 15 is 0 Å². The summed E-state index contributed by atoms with van der Waals surface area (Å²) in [5.41, 5.74) is 3.86. The molecule has 1 heterocycles. The lowest BCUT2D eigenvalue weighted by molar-refractivity contribution is -0.117. The number of carbonyl (C=O) groups is 3. The van der Waals surface area contributed by atoms with Gasteiger partial charge in [-0.2, -0.15) is 0 Å². The highest BCUT2D eigenvalue weighted by Crippen LogP contribution is 2.37. The van der Waals surface area contributed by atoms with Crippen LogP contribution in [0.15, 0.2) is 58.8 Å². The third-order valence-electron chi connectivity index (χ3n) is 5.31. The first kappa shape index (κ1) is 24.0. The van der Waals surface area contributed by atoms with Crippen LogP contribution in [0.3, 0.4) is 0 Å². The first-order valence-corrected chi connectivity index (χ1v) is 13.0. The minimum Gasteiger partial charge on any atom is -0.462 e. The number of ether oxygens (including phenoxy) is 1. The summed E-state index contributed by atoms with van der Waals surface area (Å²) in [5, 5.41) is 8.15. The molecule has 1 aromatic heterocycles. The molecule has 0 radical (unpaired) electrons. The Bertz CT molecular complexity index is 1200. The van der Waals surface area contributed by atoms with Crippen LogP contribution < -0.4 is 10.6 Å². The largest absolute Gasteiger partial charge is 0.462 e. The van der Waals surface area contributed by atoms with Gasteiger partial charge in [-0.1, -0.05) is 35.9 Å². The summed E-state index contributed by atoms with van der Waals surface area (Å²) in [6, 6.07) is 15.3. The van der Waals surface area contributed by atoms with Crippen LogP contribution in [-0.2, 0) is 14.3 Å². The van der Waals surface area contributed by atoms with E-state index in [0.29, 0.717) is 10.6 Å². The van der Waals surface area contributed by atoms with E-state index in [0.717, 1.165) is 40.1 Å². The predicted molar refractivity (Wildman–Crippen MR) is 138 cm³/mol. The molecule has 1 aliphatic rings. The summed E-state index contributed by atoms with van der Waals surface area (Å²) >= 11 is 2.68. The third-order valence-corrected chi connectivity index (χ3v) is 7.19. The van der Waals surface area contributed by atoms with Gasteiger partial charge in [-0.15, -0.1) is 23.1 Å². The SMILES string of the molecule is CCOC(=O)c1c(-c2ccc(C)cc2)csc1NC(=O)CSc1cccc(NC(=O)C2CC2)c1. The number of thioether (sulfide) groups is 1. The van der Waals surface area contributed by atoms with Gasteiger partial charge in [-0.3, -0.25) is 9.59 Å². The third kappa shape index (κ3) is 6.07. The van der Waals surface area contributed by atoms with Crippen LogP contribution in [0.1, 0.15) is 35.7 Å². The van der Waals surface area contributed by atoms with Crippen molar-refractivity contribution < 1.29 is 19.1 Å². The minimum absolute atomic E-state index is 0.0495. The van der Waals surface area contributed by atoms with Crippen LogP contribution >= 0.6 is 23.1 Å². The number of benzene rings is 2. The second-order valence-electron chi connectivity index (χ2n) is 8.07. The average molecular weight is 495 g/mol. The topological polar surface area (TPSA) is 84.5 Å². The molecule has 6 nitrogen and oxygen atoms in total. The smallest absolute Gasteiger partial charge is 0.341 e. The summed E-state index contributed by atoms with van der Waals surface area (Å²) in [5.74, 6) is -0.332. The first-order valence-electron chi connectivity index (χ1n) is 11.1. The molecule has 2 amide bonds. The molecule has 1 fully saturated rings. The van der Waals surface area contributed by atoms with Crippen molar-refractivity contribution in [3.05, 3.63) is 65.0 Å². The predicted octanol–water partition coefficient (Wildman–Crippen LogP) is 5.98. The lowest BCUT2D eigenvalue weighted by Gasteiger charge is -2.10. The Labute approximate surface area is 207 Å². The van der Waals surface area contributed by atoms with Crippen molar-refractivity contribution in [1.82, 2.24) is 0 Å². The normalized spacial score (nSPS) is 12.8. The lowest BCUT2D eigenvalue weighted by Crippen LogP contribution is -2.16. The van der Waals surface area contributed by atoms with E-state index in [9.17, 15) is 14.4 Å². The van der Waals surface area contributed by atoms with Crippen LogP contribution in [0.2, 0.25) is 0 Å². The Morgan fingerprint density at radius 3 is 2.56 bits per heavy atom. The maximum atomic E-state index is 12.7. The van der Waals surface area contributed by atoms with E-state index in [4.69, 9.17) is 4.74 Å². The fourth-order valence-corrected chi connectivity index (χ4v) is 5.10. The van der Waals surface area contributed by atoms with Crippen molar-refractivity contribution in [3.63, 3.8) is 0 Å². The molecule has 2 aromatic carbocycles. The lowest BCUT2D eigenvalue weighted by atomic mass is 10.0. The van der Waals surface area contributed by atoms with Crippen LogP contribution in [-0.4, -0.2) is 30.1 Å². The van der Waals surface area contributed by atoms with Gasteiger partial charge in [0, 0.05) is 27.4 Å². The van der Waals surface area contributed by atoms with Crippen LogP contribution in [0.25, 0.3) is 11.1 Å². The zero-order valence-corrected chi connectivity index (χ0v) is 20.7. The number of carbonyl (C=O) groups excluding carboxylic acids is 3. The number of aryl methyl sites for hydroxylation is 1. The van der Waals surface area contributed by atoms with E-state index in [1.54, 1.807) is 6.92 Å². The van der Waals surface area contributed by atoms with Gasteiger partial charge >= 0.3 is 5.97 Å². The van der Waals surface area contributed by atoms with Crippen molar-refractivity contribution in [1.29, 1.82) is 0 Å². The molecule has 176 valence electrons. The maximum absolute atomic E-state index is 12.7. The average Bonchev–Trinajstić information content (AvgIpc) is 3.60. The van der Waals surface area contributed by atoms with Gasteiger partial charge in [0.15, 0.2) is 0 Å². The Morgan fingerprint density at radius 1 is 1.09 bits per heavy atom. The molecule has 2 N–H and O–H groups in total. The van der Waals surface area contributed by atoms with Gasteiger partial charge in [0.05, 0.1) is 12.4 Å². The van der Waals surface area contributed by atoms with Gasteiger partial charge in [-0.25, -0.2) is 4.79 Å². The van der Waals surface area contributed by atoms with Crippen molar-refractivity contribution in [2.75, 3.05) is 23.0 Å². The van der Waals surface area contributed by atoms with Crippen LogP contribution in [0, 0.1) is 12.8 Å². The Morgan fingerprint density at radius 2 is 1.85 bits per heavy atom. The molecular weight excluding hydrogens is 468 g/mol. The summed E-state index contributed by atoms with van der Waals surface area (Å²) in [6.07, 6.45) is 1.89. The first-order chi connectivity index (χ1) is 16.4. The monoisotopic (exact) mass is 494 g/mol. The molecule has 3 aromatic rings. The molecule has 0 spiro atoms. The van der Waals surface area contributed by atoms with Crippen molar-refractivity contribution in [2.45, 2.75) is 31.6 Å². The van der Waals surface area contributed by atoms with Gasteiger partial charge < -0.3 is 15.4 Å². The Kier molecular flexibility index (Phi) is 7.70. The van der Waals surface area contributed by atoms with Crippen LogP contribution in [0.4, 0.5) is 10.7 Å². The number of esters is 1. The second-order valence-corrected chi connectivity index (χ2v) is 10.00. The van der Waals surface area contributed by atoms with E-state index in [2.05, 4.69) is 10.6 Å². The minimum atomic E-state index is -0.457. The number of thiophene rings is 1. The fourth-order valence-electron chi connectivity index (χ4n) is 3.37. The quantitative estimate of drug-likeness (QED) is 0.282. The molecule has 0 saturated heterocycles. The van der Waals surface area contributed by atoms with Crippen LogP contribution in [0.5, 0.6) is 0 Å². The highest BCUT2D eigenvalue weighted by Gasteiger charge is 2.29. The number of amides is 2. The van der Waals surface area contributed by atoms with E-state index in [1.807, 2.05) is 60.8 Å². The number of hydrogen-bond acceptors (Lipinski definition) is 6. The van der Waals surface area contributed by atoms with Gasteiger partial charge in [-0.05, 0) is 50.5 Å². The summed E-state index contributed by atoms with van der Waals surface area (Å²) in [7, 11) is 0. The standard InChI is InChI=1S/C26H26N2O4S2/c1-3-32-26(31)23-21(17-9-7-16(2)8-10-17)14-34-25(23)28-22(29)15-33-20-6-4-5-19(13-20)27-24(30)18-11-12-18/h4-10,13-14,18H,3,11-12,15H2,1-2H3,(H,27,30)(H,28,29). The van der Waals surface area contributed by atoms with Gasteiger partial charge in [0.25, 0.3) is 0 Å². The molecule has 1 saturated carbocycles. The van der Waals surface area contributed by atoms with Crippen molar-refractivity contribution in [3.8, 4) is 11.1 Å². The molecule has 0 atom stereocenters. The maximum Gasteiger partial charge on any atom is 0.341 e. The molecule has 34 heavy (non-hydrogen) atoms. The number of anilines is 2. The van der Waals surface area contributed by atoms with E-state index in [1.165, 1.54) is 23.1 Å². The number of rotatable bonds is 9. The Balaban J connectivity index is 1.44. The molecule has 0 unspecified atom stereocenters.